The first kappa shape index (κ1) is 12.3. The summed E-state index contributed by atoms with van der Waals surface area (Å²) in [6.07, 6.45) is 2.23. The summed E-state index contributed by atoms with van der Waals surface area (Å²) >= 11 is 0. The second-order valence-corrected chi connectivity index (χ2v) is 3.36. The van der Waals surface area contributed by atoms with Gasteiger partial charge < -0.3 is 20.3 Å². The summed E-state index contributed by atoms with van der Waals surface area (Å²) in [5, 5.41) is 9.85. The third-order valence-electron chi connectivity index (χ3n) is 2.28. The first-order chi connectivity index (χ1) is 7.44. The minimum atomic E-state index is -1.81. The van der Waals surface area contributed by atoms with E-state index in [9.17, 15) is 14.7 Å². The molecule has 16 heavy (non-hydrogen) atoms. The van der Waals surface area contributed by atoms with E-state index >= 15 is 0 Å². The van der Waals surface area contributed by atoms with Gasteiger partial charge in [-0.2, -0.15) is 0 Å². The van der Waals surface area contributed by atoms with Crippen LogP contribution in [-0.2, 0) is 19.1 Å². The summed E-state index contributed by atoms with van der Waals surface area (Å²) in [6.45, 7) is 0. The second kappa shape index (κ2) is 4.36. The lowest BCUT2D eigenvalue weighted by Gasteiger charge is -2.25. The standard InChI is InChI=1S/C10H13NO5/c1-15-8(12)6-3-4-10(14,5-7(6)11)9(13)16-2/h3-4,14H,5,11H2,1-2H3. The van der Waals surface area contributed by atoms with Gasteiger partial charge in [-0.1, -0.05) is 0 Å². The van der Waals surface area contributed by atoms with Crippen LogP contribution >= 0.6 is 0 Å². The summed E-state index contributed by atoms with van der Waals surface area (Å²) in [5.41, 5.74) is 3.99. The first-order valence-corrected chi connectivity index (χ1v) is 4.51. The highest BCUT2D eigenvalue weighted by molar-refractivity contribution is 5.94. The predicted molar refractivity (Wildman–Crippen MR) is 54.0 cm³/mol. The van der Waals surface area contributed by atoms with Crippen molar-refractivity contribution < 1.29 is 24.2 Å². The zero-order valence-corrected chi connectivity index (χ0v) is 9.02. The number of esters is 2. The van der Waals surface area contributed by atoms with Crippen LogP contribution in [0, 0.1) is 0 Å². The largest absolute Gasteiger partial charge is 0.467 e. The van der Waals surface area contributed by atoms with Crippen molar-refractivity contribution in [2.24, 2.45) is 5.73 Å². The molecule has 1 unspecified atom stereocenters. The number of methoxy groups -OCH3 is 2. The van der Waals surface area contributed by atoms with Gasteiger partial charge in [0.15, 0.2) is 5.60 Å². The van der Waals surface area contributed by atoms with Crippen LogP contribution in [0.15, 0.2) is 23.4 Å². The fourth-order valence-corrected chi connectivity index (χ4v) is 1.40. The number of carbonyl (C=O) groups is 2. The van der Waals surface area contributed by atoms with Gasteiger partial charge in [0.1, 0.15) is 0 Å². The van der Waals surface area contributed by atoms with Gasteiger partial charge >= 0.3 is 11.9 Å². The van der Waals surface area contributed by atoms with Crippen molar-refractivity contribution in [3.63, 3.8) is 0 Å². The van der Waals surface area contributed by atoms with Gasteiger partial charge in [-0.05, 0) is 12.2 Å². The lowest BCUT2D eigenvalue weighted by Crippen LogP contribution is -2.41. The molecule has 1 aliphatic carbocycles. The smallest absolute Gasteiger partial charge is 0.342 e. The van der Waals surface area contributed by atoms with E-state index in [1.807, 2.05) is 0 Å². The Kier molecular flexibility index (Phi) is 3.34. The molecule has 0 aromatic rings. The molecule has 0 saturated carbocycles. The van der Waals surface area contributed by atoms with Gasteiger partial charge in [0.05, 0.1) is 19.8 Å². The molecule has 0 aromatic heterocycles. The Labute approximate surface area is 92.3 Å². The topological polar surface area (TPSA) is 98.9 Å². The van der Waals surface area contributed by atoms with E-state index < -0.39 is 17.5 Å². The van der Waals surface area contributed by atoms with Crippen LogP contribution in [0.2, 0.25) is 0 Å². The Hall–Kier alpha value is -1.82. The molecular formula is C10H13NO5. The van der Waals surface area contributed by atoms with Crippen LogP contribution in [0.25, 0.3) is 0 Å². The molecule has 1 rings (SSSR count). The van der Waals surface area contributed by atoms with Gasteiger partial charge in [0.2, 0.25) is 0 Å². The Balaban J connectivity index is 2.97. The maximum Gasteiger partial charge on any atom is 0.342 e. The molecule has 0 amide bonds. The normalized spacial score (nSPS) is 24.2. The van der Waals surface area contributed by atoms with Crippen molar-refractivity contribution >= 4 is 11.9 Å². The van der Waals surface area contributed by atoms with E-state index in [0.29, 0.717) is 0 Å². The Morgan fingerprint density at radius 1 is 1.44 bits per heavy atom. The van der Waals surface area contributed by atoms with Crippen molar-refractivity contribution in [3.8, 4) is 0 Å². The minimum Gasteiger partial charge on any atom is -0.467 e. The molecule has 0 aromatic carbocycles. The van der Waals surface area contributed by atoms with E-state index in [2.05, 4.69) is 9.47 Å². The number of hydrogen-bond acceptors (Lipinski definition) is 6. The summed E-state index contributed by atoms with van der Waals surface area (Å²) in [4.78, 5) is 22.5. The summed E-state index contributed by atoms with van der Waals surface area (Å²) < 4.78 is 8.92. The molecule has 0 aliphatic heterocycles. The van der Waals surface area contributed by atoms with Crippen molar-refractivity contribution in [3.05, 3.63) is 23.4 Å². The summed E-state index contributed by atoms with van der Waals surface area (Å²) in [7, 11) is 2.38. The van der Waals surface area contributed by atoms with Gasteiger partial charge in [-0.15, -0.1) is 0 Å². The SMILES string of the molecule is COC(=O)C1=C(N)CC(O)(C(=O)OC)C=C1. The molecular weight excluding hydrogens is 214 g/mol. The Morgan fingerprint density at radius 3 is 2.50 bits per heavy atom. The molecule has 3 N–H and O–H groups in total. The van der Waals surface area contributed by atoms with Crippen LogP contribution in [0.1, 0.15) is 6.42 Å². The van der Waals surface area contributed by atoms with Gasteiger partial charge in [-0.3, -0.25) is 0 Å². The fraction of sp³-hybridized carbons (Fsp3) is 0.400. The zero-order chi connectivity index (χ0) is 12.3. The lowest BCUT2D eigenvalue weighted by atomic mass is 9.90. The summed E-state index contributed by atoms with van der Waals surface area (Å²) in [5.74, 6) is -1.43. The highest BCUT2D eigenvalue weighted by Crippen LogP contribution is 2.26. The lowest BCUT2D eigenvalue weighted by molar-refractivity contribution is -0.157. The number of aliphatic hydroxyl groups is 1. The Bertz CT molecular complexity index is 385. The van der Waals surface area contributed by atoms with Crippen LogP contribution in [-0.4, -0.2) is 36.9 Å². The maximum atomic E-state index is 11.3. The van der Waals surface area contributed by atoms with Crippen LogP contribution in [0.4, 0.5) is 0 Å². The molecule has 88 valence electrons. The van der Waals surface area contributed by atoms with Crippen LogP contribution in [0.3, 0.4) is 0 Å². The zero-order valence-electron chi connectivity index (χ0n) is 9.02. The van der Waals surface area contributed by atoms with E-state index in [4.69, 9.17) is 5.73 Å². The maximum absolute atomic E-state index is 11.3. The molecule has 1 aliphatic rings. The number of hydrogen-bond donors (Lipinski definition) is 2. The highest BCUT2D eigenvalue weighted by atomic mass is 16.5. The number of rotatable bonds is 2. The number of ether oxygens (including phenoxy) is 2. The highest BCUT2D eigenvalue weighted by Gasteiger charge is 2.38. The molecule has 0 bridgehead atoms. The first-order valence-electron chi connectivity index (χ1n) is 4.51. The van der Waals surface area contributed by atoms with Gasteiger partial charge in [0.25, 0.3) is 0 Å². The van der Waals surface area contributed by atoms with E-state index in [1.165, 1.54) is 19.3 Å². The molecule has 0 heterocycles. The molecule has 0 spiro atoms. The average Bonchev–Trinajstić information content (AvgIpc) is 2.27. The van der Waals surface area contributed by atoms with Gasteiger partial charge in [-0.25, -0.2) is 9.59 Å². The molecule has 0 fully saturated rings. The van der Waals surface area contributed by atoms with Crippen LogP contribution < -0.4 is 5.73 Å². The quantitative estimate of drug-likeness (QED) is 0.601. The van der Waals surface area contributed by atoms with E-state index in [-0.39, 0.29) is 17.7 Å². The number of carbonyl (C=O) groups excluding carboxylic acids is 2. The second-order valence-electron chi connectivity index (χ2n) is 3.36. The van der Waals surface area contributed by atoms with Gasteiger partial charge in [0, 0.05) is 12.1 Å². The third-order valence-corrected chi connectivity index (χ3v) is 2.28. The average molecular weight is 227 g/mol. The molecule has 6 heteroatoms. The molecule has 0 radical (unpaired) electrons. The fourth-order valence-electron chi connectivity index (χ4n) is 1.40. The Morgan fingerprint density at radius 2 is 2.06 bits per heavy atom. The molecule has 6 nitrogen and oxygen atoms in total. The van der Waals surface area contributed by atoms with Crippen molar-refractivity contribution in [2.75, 3.05) is 14.2 Å². The third kappa shape index (κ3) is 2.06. The predicted octanol–water partition coefficient (Wildman–Crippen LogP) is -0.764. The van der Waals surface area contributed by atoms with E-state index in [1.54, 1.807) is 0 Å². The van der Waals surface area contributed by atoms with Crippen molar-refractivity contribution in [1.29, 1.82) is 0 Å². The van der Waals surface area contributed by atoms with E-state index in [0.717, 1.165) is 7.11 Å². The summed E-state index contributed by atoms with van der Waals surface area (Å²) in [6, 6.07) is 0. The molecule has 1 atom stereocenters. The monoisotopic (exact) mass is 227 g/mol. The van der Waals surface area contributed by atoms with Crippen LogP contribution in [0.5, 0.6) is 0 Å². The van der Waals surface area contributed by atoms with Crippen molar-refractivity contribution in [2.45, 2.75) is 12.0 Å². The van der Waals surface area contributed by atoms with Crippen molar-refractivity contribution in [1.82, 2.24) is 0 Å². The molecule has 0 saturated heterocycles. The minimum absolute atomic E-state index is 0.0854. The number of nitrogens with two attached hydrogens (primary N) is 1.